The fraction of sp³-hybridized carbons (Fsp3) is 0.917. The quantitative estimate of drug-likeness (QED) is 0.711. The summed E-state index contributed by atoms with van der Waals surface area (Å²) in [4.78, 5) is 13.9. The first-order chi connectivity index (χ1) is 7.37. The molecule has 2 unspecified atom stereocenters. The minimum absolute atomic E-state index is 0.0519. The van der Waals surface area contributed by atoms with Crippen LogP contribution in [0.3, 0.4) is 0 Å². The van der Waals surface area contributed by atoms with Crippen LogP contribution in [-0.4, -0.2) is 47.6 Å². The van der Waals surface area contributed by atoms with Crippen LogP contribution >= 0.6 is 11.8 Å². The number of hydrogen-bond acceptors (Lipinski definition) is 4. The summed E-state index contributed by atoms with van der Waals surface area (Å²) < 4.78 is 5.10. The van der Waals surface area contributed by atoms with Crippen molar-refractivity contribution in [3.05, 3.63) is 0 Å². The van der Waals surface area contributed by atoms with Crippen molar-refractivity contribution in [1.29, 1.82) is 0 Å². The lowest BCUT2D eigenvalue weighted by atomic mass is 10.0. The first-order valence-corrected chi connectivity index (χ1v) is 6.82. The highest BCUT2D eigenvalue weighted by Crippen LogP contribution is 2.31. The van der Waals surface area contributed by atoms with E-state index in [-0.39, 0.29) is 17.9 Å². The van der Waals surface area contributed by atoms with Crippen LogP contribution in [0.15, 0.2) is 0 Å². The zero-order chi connectivity index (χ0) is 12.3. The molecule has 1 aliphatic heterocycles. The number of thioether (sulfide) groups is 1. The molecule has 1 rings (SSSR count). The van der Waals surface area contributed by atoms with Gasteiger partial charge in [0.15, 0.2) is 0 Å². The normalized spacial score (nSPS) is 24.8. The van der Waals surface area contributed by atoms with Crippen molar-refractivity contribution in [2.75, 3.05) is 26.0 Å². The number of hydrogen-bond donors (Lipinski definition) is 0. The zero-order valence-electron chi connectivity index (χ0n) is 10.9. The number of rotatable bonds is 3. The van der Waals surface area contributed by atoms with Crippen LogP contribution in [0, 0.1) is 5.92 Å². The van der Waals surface area contributed by atoms with Gasteiger partial charge in [-0.05, 0) is 20.8 Å². The summed E-state index contributed by atoms with van der Waals surface area (Å²) in [5.41, 5.74) is 0. The van der Waals surface area contributed by atoms with Gasteiger partial charge in [-0.15, -0.1) is 0 Å². The Labute approximate surface area is 103 Å². The second kappa shape index (κ2) is 5.41. The van der Waals surface area contributed by atoms with Gasteiger partial charge in [0.05, 0.1) is 13.0 Å². The maximum atomic E-state index is 11.5. The van der Waals surface area contributed by atoms with Gasteiger partial charge in [-0.2, -0.15) is 11.8 Å². The van der Waals surface area contributed by atoms with E-state index in [0.717, 1.165) is 18.8 Å². The molecule has 1 saturated heterocycles. The molecule has 94 valence electrons. The molecule has 1 heterocycles. The summed E-state index contributed by atoms with van der Waals surface area (Å²) >= 11 is 2.01. The van der Waals surface area contributed by atoms with Gasteiger partial charge in [0.2, 0.25) is 0 Å². The largest absolute Gasteiger partial charge is 0.469 e. The average molecular weight is 245 g/mol. The highest BCUT2D eigenvalue weighted by Gasteiger charge is 2.33. The van der Waals surface area contributed by atoms with Crippen molar-refractivity contribution in [2.24, 2.45) is 5.92 Å². The summed E-state index contributed by atoms with van der Waals surface area (Å²) in [5, 5.41) is 0. The first kappa shape index (κ1) is 13.8. The van der Waals surface area contributed by atoms with E-state index in [2.05, 4.69) is 25.7 Å². The number of carbonyl (C=O) groups excluding carboxylic acids is 1. The predicted molar refractivity (Wildman–Crippen MR) is 68.8 cm³/mol. The van der Waals surface area contributed by atoms with E-state index in [1.54, 1.807) is 0 Å². The fourth-order valence-electron chi connectivity index (χ4n) is 2.10. The molecule has 1 fully saturated rings. The lowest BCUT2D eigenvalue weighted by molar-refractivity contribution is -0.147. The van der Waals surface area contributed by atoms with E-state index >= 15 is 0 Å². The van der Waals surface area contributed by atoms with Gasteiger partial charge < -0.3 is 4.74 Å². The number of nitrogens with zero attached hydrogens (tertiary/aromatic N) is 1. The third-order valence-electron chi connectivity index (χ3n) is 3.33. The molecular weight excluding hydrogens is 222 g/mol. The Balaban J connectivity index is 2.59. The fourth-order valence-corrected chi connectivity index (χ4v) is 3.24. The van der Waals surface area contributed by atoms with Crippen LogP contribution in [0.25, 0.3) is 0 Å². The van der Waals surface area contributed by atoms with Crippen LogP contribution in [-0.2, 0) is 9.53 Å². The smallest absolute Gasteiger partial charge is 0.309 e. The minimum atomic E-state index is -0.108. The zero-order valence-corrected chi connectivity index (χ0v) is 11.8. The molecule has 2 atom stereocenters. The van der Waals surface area contributed by atoms with E-state index in [1.807, 2.05) is 18.7 Å². The molecule has 0 amide bonds. The number of esters is 1. The van der Waals surface area contributed by atoms with Gasteiger partial charge in [0, 0.05) is 29.6 Å². The van der Waals surface area contributed by atoms with Crippen molar-refractivity contribution >= 4 is 17.7 Å². The molecule has 3 nitrogen and oxygen atoms in total. The molecule has 0 aromatic heterocycles. The van der Waals surface area contributed by atoms with Crippen LogP contribution in [0.4, 0.5) is 0 Å². The molecule has 0 aliphatic carbocycles. The number of ether oxygens (including phenoxy) is 1. The van der Waals surface area contributed by atoms with Gasteiger partial charge >= 0.3 is 5.97 Å². The summed E-state index contributed by atoms with van der Waals surface area (Å²) in [5.74, 6) is 0.984. The predicted octanol–water partition coefficient (Wildman–Crippen LogP) is 2.01. The molecule has 0 saturated carbocycles. The van der Waals surface area contributed by atoms with Crippen molar-refractivity contribution in [3.63, 3.8) is 0 Å². The maximum Gasteiger partial charge on any atom is 0.309 e. The Hall–Kier alpha value is -0.220. The lowest BCUT2D eigenvalue weighted by Gasteiger charge is -2.42. The Morgan fingerprint density at radius 2 is 2.06 bits per heavy atom. The first-order valence-electron chi connectivity index (χ1n) is 5.83. The maximum absolute atomic E-state index is 11.5. The Bertz CT molecular complexity index is 255. The standard InChI is InChI=1S/C12H23NO2S/c1-9(11(14)15-5)10(2)13-6-7-16-12(3,4)8-13/h9-10H,6-8H2,1-5H3. The summed E-state index contributed by atoms with van der Waals surface area (Å²) in [6.07, 6.45) is 0. The monoisotopic (exact) mass is 245 g/mol. The molecule has 0 bridgehead atoms. The van der Waals surface area contributed by atoms with Gasteiger partial charge in [-0.1, -0.05) is 6.92 Å². The van der Waals surface area contributed by atoms with Crippen LogP contribution in [0.2, 0.25) is 0 Å². The van der Waals surface area contributed by atoms with E-state index in [4.69, 9.17) is 4.74 Å². The van der Waals surface area contributed by atoms with E-state index in [9.17, 15) is 4.79 Å². The highest BCUT2D eigenvalue weighted by atomic mass is 32.2. The van der Waals surface area contributed by atoms with Gasteiger partial charge in [0.25, 0.3) is 0 Å². The summed E-state index contributed by atoms with van der Waals surface area (Å²) in [6.45, 7) is 10.7. The molecule has 4 heteroatoms. The summed E-state index contributed by atoms with van der Waals surface area (Å²) in [7, 11) is 1.46. The highest BCUT2D eigenvalue weighted by molar-refractivity contribution is 8.00. The molecule has 0 spiro atoms. The van der Waals surface area contributed by atoms with Crippen LogP contribution in [0.5, 0.6) is 0 Å². The second-order valence-corrected chi connectivity index (χ2v) is 6.93. The van der Waals surface area contributed by atoms with Crippen molar-refractivity contribution in [1.82, 2.24) is 4.90 Å². The van der Waals surface area contributed by atoms with Gasteiger partial charge in [0.1, 0.15) is 0 Å². The molecule has 0 radical (unpaired) electrons. The Kier molecular flexibility index (Phi) is 4.68. The van der Waals surface area contributed by atoms with Gasteiger partial charge in [-0.25, -0.2) is 0 Å². The average Bonchev–Trinajstić information content (AvgIpc) is 2.24. The molecular formula is C12H23NO2S. The number of methoxy groups -OCH3 is 1. The lowest BCUT2D eigenvalue weighted by Crippen LogP contribution is -2.50. The second-order valence-electron chi connectivity index (χ2n) is 5.13. The number of carbonyl (C=O) groups is 1. The third-order valence-corrected chi connectivity index (χ3v) is 4.62. The Morgan fingerprint density at radius 1 is 1.44 bits per heavy atom. The minimum Gasteiger partial charge on any atom is -0.469 e. The van der Waals surface area contributed by atoms with Crippen molar-refractivity contribution in [2.45, 2.75) is 38.5 Å². The molecule has 0 aromatic rings. The third kappa shape index (κ3) is 3.39. The van der Waals surface area contributed by atoms with Gasteiger partial charge in [-0.3, -0.25) is 9.69 Å². The molecule has 0 aromatic carbocycles. The van der Waals surface area contributed by atoms with Crippen molar-refractivity contribution in [3.8, 4) is 0 Å². The van der Waals surface area contributed by atoms with Crippen LogP contribution in [0.1, 0.15) is 27.7 Å². The SMILES string of the molecule is COC(=O)C(C)C(C)N1CCSC(C)(C)C1. The summed E-state index contributed by atoms with van der Waals surface area (Å²) in [6, 6.07) is 0.257. The molecule has 1 aliphatic rings. The Morgan fingerprint density at radius 3 is 2.56 bits per heavy atom. The molecule has 16 heavy (non-hydrogen) atoms. The topological polar surface area (TPSA) is 29.5 Å². The van der Waals surface area contributed by atoms with E-state index in [1.165, 1.54) is 7.11 Å². The van der Waals surface area contributed by atoms with E-state index < -0.39 is 0 Å². The van der Waals surface area contributed by atoms with Crippen LogP contribution < -0.4 is 0 Å². The van der Waals surface area contributed by atoms with E-state index in [0.29, 0.717) is 4.75 Å². The van der Waals surface area contributed by atoms with Crippen molar-refractivity contribution < 1.29 is 9.53 Å². The molecule has 0 N–H and O–H groups in total.